The third kappa shape index (κ3) is 2.40. The number of carboxylic acids is 2. The molecule has 0 saturated heterocycles. The Labute approximate surface area is 127 Å². The molecule has 0 bridgehead atoms. The number of fused-ring (bicyclic) bond motifs is 1. The lowest BCUT2D eigenvalue weighted by atomic mass is 9.90. The molecule has 0 amide bonds. The summed E-state index contributed by atoms with van der Waals surface area (Å²) in [5.74, 6) is -4.70. The number of aliphatic carboxylic acids is 2. The van der Waals surface area contributed by atoms with E-state index in [0.29, 0.717) is 5.57 Å². The van der Waals surface area contributed by atoms with E-state index in [-0.39, 0.29) is 24.8 Å². The van der Waals surface area contributed by atoms with E-state index in [0.717, 1.165) is 0 Å². The minimum atomic E-state index is -4.07. The third-order valence-corrected chi connectivity index (χ3v) is 6.43. The highest BCUT2D eigenvalue weighted by Gasteiger charge is 2.73. The lowest BCUT2D eigenvalue weighted by Crippen LogP contribution is -2.49. The zero-order valence-electron chi connectivity index (χ0n) is 12.4. The standard InChI is InChI=1S/C13H20NO7P/c1-3-7(22(19,20)21-4-2)6-5-13(14,12(17)18)10-8(6)9(10)11(15)16/h8-10H,3-5,14H2,1-2H3,(H,15,16)(H,17,18)(H,19,20)/t8-,9-,10-,13-/m0/s1. The van der Waals surface area contributed by atoms with Gasteiger partial charge in [-0.25, -0.2) is 0 Å². The van der Waals surface area contributed by atoms with Crippen LogP contribution in [0.2, 0.25) is 0 Å². The maximum Gasteiger partial charge on any atom is 0.354 e. The fourth-order valence-corrected chi connectivity index (χ4v) is 5.11. The Balaban J connectivity index is 2.51. The summed E-state index contributed by atoms with van der Waals surface area (Å²) in [6.45, 7) is 3.24. The minimum absolute atomic E-state index is 0.0215. The molecule has 5 atom stereocenters. The van der Waals surface area contributed by atoms with Gasteiger partial charge in [0.05, 0.1) is 12.5 Å². The zero-order chi connectivity index (χ0) is 16.9. The Hall–Kier alpha value is -1.21. The van der Waals surface area contributed by atoms with Crippen LogP contribution in [0.4, 0.5) is 0 Å². The predicted octanol–water partition coefficient (Wildman–Crippen LogP) is 1.01. The molecule has 5 N–H and O–H groups in total. The van der Waals surface area contributed by atoms with Crippen molar-refractivity contribution in [2.24, 2.45) is 23.5 Å². The molecule has 0 heterocycles. The highest BCUT2D eigenvalue weighted by atomic mass is 31.2. The monoisotopic (exact) mass is 333 g/mol. The van der Waals surface area contributed by atoms with Gasteiger partial charge in [-0.3, -0.25) is 14.2 Å². The summed E-state index contributed by atoms with van der Waals surface area (Å²) >= 11 is 0. The van der Waals surface area contributed by atoms with Gasteiger partial charge in [0, 0.05) is 17.2 Å². The molecule has 0 aromatic rings. The van der Waals surface area contributed by atoms with Crippen LogP contribution in [-0.4, -0.2) is 39.2 Å². The van der Waals surface area contributed by atoms with Crippen LogP contribution in [0, 0.1) is 17.8 Å². The first-order valence-corrected chi connectivity index (χ1v) is 8.64. The second kappa shape index (κ2) is 5.45. The Morgan fingerprint density at radius 2 is 2.00 bits per heavy atom. The Kier molecular flexibility index (Phi) is 4.25. The lowest BCUT2D eigenvalue weighted by Gasteiger charge is -2.24. The van der Waals surface area contributed by atoms with Crippen molar-refractivity contribution in [2.45, 2.75) is 32.2 Å². The van der Waals surface area contributed by atoms with Crippen molar-refractivity contribution < 1.29 is 33.8 Å². The summed E-state index contributed by atoms with van der Waals surface area (Å²) < 4.78 is 17.2. The van der Waals surface area contributed by atoms with Gasteiger partial charge in [-0.05, 0) is 19.8 Å². The molecule has 2 aliphatic rings. The van der Waals surface area contributed by atoms with Crippen LogP contribution in [-0.2, 0) is 18.7 Å². The summed E-state index contributed by atoms with van der Waals surface area (Å²) in [5.41, 5.74) is 4.56. The maximum absolute atomic E-state index is 12.3. The third-order valence-electron chi connectivity index (χ3n) is 4.53. The molecule has 0 radical (unpaired) electrons. The van der Waals surface area contributed by atoms with Crippen molar-refractivity contribution in [1.82, 2.24) is 0 Å². The first-order chi connectivity index (χ1) is 10.1. The second-order valence-corrected chi connectivity index (χ2v) is 7.54. The molecule has 1 unspecified atom stereocenters. The van der Waals surface area contributed by atoms with Gasteiger partial charge in [-0.1, -0.05) is 12.5 Å². The highest BCUT2D eigenvalue weighted by molar-refractivity contribution is 7.57. The molecule has 9 heteroatoms. The number of hydrogen-bond acceptors (Lipinski definition) is 5. The quantitative estimate of drug-likeness (QED) is 0.526. The molecule has 0 aromatic carbocycles. The van der Waals surface area contributed by atoms with Gasteiger partial charge in [0.2, 0.25) is 0 Å². The Morgan fingerprint density at radius 3 is 2.41 bits per heavy atom. The average Bonchev–Trinajstić information content (AvgIpc) is 3.06. The van der Waals surface area contributed by atoms with Gasteiger partial charge in [-0.2, -0.15) is 0 Å². The van der Waals surface area contributed by atoms with E-state index in [2.05, 4.69) is 0 Å². The summed E-state index contributed by atoms with van der Waals surface area (Å²) in [4.78, 5) is 32.8. The molecule has 22 heavy (non-hydrogen) atoms. The predicted molar refractivity (Wildman–Crippen MR) is 76.0 cm³/mol. The summed E-state index contributed by atoms with van der Waals surface area (Å²) in [7, 11) is -4.07. The zero-order valence-corrected chi connectivity index (χ0v) is 13.2. The van der Waals surface area contributed by atoms with Crippen molar-refractivity contribution >= 4 is 19.5 Å². The number of carbonyl (C=O) groups is 2. The number of hydrogen-bond donors (Lipinski definition) is 4. The molecule has 124 valence electrons. The Bertz CT molecular complexity index is 601. The van der Waals surface area contributed by atoms with E-state index < -0.39 is 42.8 Å². The van der Waals surface area contributed by atoms with Crippen LogP contribution in [0.5, 0.6) is 0 Å². The van der Waals surface area contributed by atoms with Gasteiger partial charge in [0.1, 0.15) is 5.54 Å². The van der Waals surface area contributed by atoms with E-state index in [9.17, 15) is 29.3 Å². The second-order valence-electron chi connectivity index (χ2n) is 5.70. The number of carboxylic acid groups (broad SMARTS) is 2. The summed E-state index contributed by atoms with van der Waals surface area (Å²) in [5, 5.41) is 18.7. The molecule has 0 spiro atoms. The first kappa shape index (κ1) is 17.1. The van der Waals surface area contributed by atoms with Crippen molar-refractivity contribution in [1.29, 1.82) is 0 Å². The average molecular weight is 333 g/mol. The van der Waals surface area contributed by atoms with Crippen molar-refractivity contribution in [3.63, 3.8) is 0 Å². The van der Waals surface area contributed by atoms with Gasteiger partial charge in [-0.15, -0.1) is 0 Å². The van der Waals surface area contributed by atoms with Crippen LogP contribution >= 0.6 is 7.60 Å². The number of allylic oxidation sites excluding steroid dienone is 1. The van der Waals surface area contributed by atoms with E-state index in [4.69, 9.17) is 10.3 Å². The molecule has 2 aliphatic carbocycles. The number of rotatable bonds is 6. The highest BCUT2D eigenvalue weighted by Crippen LogP contribution is 2.68. The first-order valence-electron chi connectivity index (χ1n) is 7.06. The smallest absolute Gasteiger partial charge is 0.354 e. The molecular weight excluding hydrogens is 313 g/mol. The van der Waals surface area contributed by atoms with E-state index in [1.165, 1.54) is 0 Å². The normalized spacial score (nSPS) is 38.1. The van der Waals surface area contributed by atoms with Crippen LogP contribution in [0.15, 0.2) is 10.9 Å². The molecule has 2 rings (SSSR count). The Morgan fingerprint density at radius 1 is 1.41 bits per heavy atom. The van der Waals surface area contributed by atoms with Gasteiger partial charge in [0.15, 0.2) is 0 Å². The van der Waals surface area contributed by atoms with Gasteiger partial charge >= 0.3 is 19.5 Å². The fourth-order valence-electron chi connectivity index (χ4n) is 3.62. The molecule has 2 saturated carbocycles. The van der Waals surface area contributed by atoms with Crippen molar-refractivity contribution in [2.75, 3.05) is 6.61 Å². The van der Waals surface area contributed by atoms with E-state index in [1.54, 1.807) is 13.8 Å². The summed E-state index contributed by atoms with van der Waals surface area (Å²) in [6.07, 6.45) is 0.0522. The topological polar surface area (TPSA) is 147 Å². The molecular formula is C13H20NO7P. The van der Waals surface area contributed by atoms with Crippen molar-refractivity contribution in [3.05, 3.63) is 10.9 Å². The summed E-state index contributed by atoms with van der Waals surface area (Å²) in [6, 6.07) is 0. The molecule has 8 nitrogen and oxygen atoms in total. The van der Waals surface area contributed by atoms with E-state index in [1.807, 2.05) is 0 Å². The van der Waals surface area contributed by atoms with Gasteiger partial charge < -0.3 is 25.4 Å². The molecule has 2 fully saturated rings. The minimum Gasteiger partial charge on any atom is -0.481 e. The van der Waals surface area contributed by atoms with E-state index >= 15 is 0 Å². The lowest BCUT2D eigenvalue weighted by molar-refractivity contribution is -0.145. The van der Waals surface area contributed by atoms with Gasteiger partial charge in [0.25, 0.3) is 0 Å². The largest absolute Gasteiger partial charge is 0.481 e. The molecule has 0 aliphatic heterocycles. The van der Waals surface area contributed by atoms with Crippen LogP contribution in [0.1, 0.15) is 26.7 Å². The van der Waals surface area contributed by atoms with Crippen LogP contribution < -0.4 is 5.73 Å². The SMILES string of the molecule is CCOP(=O)(O)C(CC)=C1C[C@@](N)(C(=O)O)[C@@H]2[C@@H](C(=O)O)[C@H]12. The fraction of sp³-hybridized carbons (Fsp3) is 0.692. The van der Waals surface area contributed by atoms with Crippen molar-refractivity contribution in [3.8, 4) is 0 Å². The number of nitrogens with two attached hydrogens (primary N) is 1. The molecule has 0 aromatic heterocycles. The maximum atomic E-state index is 12.3. The van der Waals surface area contributed by atoms with Crippen LogP contribution in [0.3, 0.4) is 0 Å². The van der Waals surface area contributed by atoms with Crippen LogP contribution in [0.25, 0.3) is 0 Å².